The topological polar surface area (TPSA) is 58.2 Å². The second-order valence-electron chi connectivity index (χ2n) is 4.49. The zero-order valence-electron chi connectivity index (χ0n) is 11.6. The average Bonchev–Trinajstić information content (AvgIpc) is 2.83. The van der Waals surface area contributed by atoms with E-state index in [-0.39, 0.29) is 12.3 Å². The summed E-state index contributed by atoms with van der Waals surface area (Å²) in [6, 6.07) is 7.08. The third kappa shape index (κ3) is 3.11. The molecule has 106 valence electrons. The molecule has 0 aliphatic heterocycles. The van der Waals surface area contributed by atoms with Gasteiger partial charge in [0.1, 0.15) is 5.75 Å². The zero-order chi connectivity index (χ0) is 14.7. The number of rotatable bonds is 4. The maximum Gasteiger partial charge on any atom is 0.232 e. The van der Waals surface area contributed by atoms with E-state index >= 15 is 0 Å². The van der Waals surface area contributed by atoms with Gasteiger partial charge in [-0.1, -0.05) is 11.6 Å². The Hall–Kier alpha value is -2.01. The number of likely N-dealkylation sites (N-methyl/N-ethyl adjacent to an activating group) is 1. The molecule has 1 aromatic heterocycles. The molecule has 0 radical (unpaired) electrons. The molecule has 2 aromatic rings. The van der Waals surface area contributed by atoms with Crippen molar-refractivity contribution in [1.29, 1.82) is 0 Å². The van der Waals surface area contributed by atoms with Gasteiger partial charge in [-0.25, -0.2) is 0 Å². The Kier molecular flexibility index (Phi) is 4.29. The zero-order valence-corrected chi connectivity index (χ0v) is 12.4. The van der Waals surface area contributed by atoms with Crippen LogP contribution in [0.3, 0.4) is 0 Å². The van der Waals surface area contributed by atoms with Gasteiger partial charge in [0.25, 0.3) is 0 Å². The van der Waals surface area contributed by atoms with E-state index in [1.165, 1.54) is 0 Å². The number of methoxy groups -OCH3 is 1. The third-order valence-electron chi connectivity index (χ3n) is 2.99. The lowest BCUT2D eigenvalue weighted by Crippen LogP contribution is -2.27. The van der Waals surface area contributed by atoms with Gasteiger partial charge in [-0.05, 0) is 31.2 Å². The average molecular weight is 294 g/mol. The van der Waals surface area contributed by atoms with E-state index in [9.17, 15) is 4.79 Å². The second-order valence-corrected chi connectivity index (χ2v) is 4.90. The molecule has 0 spiro atoms. The fourth-order valence-electron chi connectivity index (χ4n) is 1.85. The molecule has 1 amide bonds. The molecule has 6 heteroatoms. The van der Waals surface area contributed by atoms with Crippen LogP contribution >= 0.6 is 11.6 Å². The van der Waals surface area contributed by atoms with Crippen LogP contribution < -0.4 is 9.64 Å². The van der Waals surface area contributed by atoms with Crippen molar-refractivity contribution >= 4 is 23.2 Å². The van der Waals surface area contributed by atoms with Gasteiger partial charge in [0.2, 0.25) is 5.91 Å². The molecule has 1 heterocycles. The summed E-state index contributed by atoms with van der Waals surface area (Å²) in [5, 5.41) is 7.35. The van der Waals surface area contributed by atoms with E-state index in [2.05, 4.69) is 10.2 Å². The number of hydrogen-bond acceptors (Lipinski definition) is 3. The van der Waals surface area contributed by atoms with Crippen molar-refractivity contribution in [1.82, 2.24) is 10.2 Å². The van der Waals surface area contributed by atoms with Gasteiger partial charge in [0, 0.05) is 18.4 Å². The molecule has 2 rings (SSSR count). The van der Waals surface area contributed by atoms with Crippen molar-refractivity contribution in [2.24, 2.45) is 0 Å². The van der Waals surface area contributed by atoms with Crippen molar-refractivity contribution in [2.45, 2.75) is 13.3 Å². The van der Waals surface area contributed by atoms with Crippen molar-refractivity contribution in [3.8, 4) is 5.75 Å². The second kappa shape index (κ2) is 5.96. The minimum absolute atomic E-state index is 0.0577. The summed E-state index contributed by atoms with van der Waals surface area (Å²) in [5.74, 6) is 0.525. The Bertz CT molecular complexity index is 625. The van der Waals surface area contributed by atoms with Crippen LogP contribution in [0.2, 0.25) is 5.02 Å². The summed E-state index contributed by atoms with van der Waals surface area (Å²) in [5.41, 5.74) is 2.37. The van der Waals surface area contributed by atoms with Crippen LogP contribution in [0.5, 0.6) is 5.75 Å². The first-order chi connectivity index (χ1) is 9.51. The number of H-pyrrole nitrogens is 1. The molecule has 0 saturated heterocycles. The Labute approximate surface area is 122 Å². The number of amides is 1. The minimum Gasteiger partial charge on any atom is -0.495 e. The van der Waals surface area contributed by atoms with Gasteiger partial charge < -0.3 is 9.64 Å². The number of nitrogens with zero attached hydrogens (tertiary/aromatic N) is 2. The van der Waals surface area contributed by atoms with Gasteiger partial charge in [0.15, 0.2) is 0 Å². The molecule has 0 bridgehead atoms. The highest BCUT2D eigenvalue weighted by molar-refractivity contribution is 6.32. The van der Waals surface area contributed by atoms with Crippen LogP contribution in [0.4, 0.5) is 5.69 Å². The molecular formula is C14H16ClN3O2. The van der Waals surface area contributed by atoms with Crippen LogP contribution in [-0.2, 0) is 11.2 Å². The van der Waals surface area contributed by atoms with Crippen LogP contribution in [0.15, 0.2) is 24.3 Å². The maximum absolute atomic E-state index is 12.2. The number of aromatic nitrogens is 2. The highest BCUT2D eigenvalue weighted by Gasteiger charge is 2.14. The van der Waals surface area contributed by atoms with Crippen LogP contribution in [-0.4, -0.2) is 30.3 Å². The van der Waals surface area contributed by atoms with Gasteiger partial charge in [-0.2, -0.15) is 5.10 Å². The molecule has 0 fully saturated rings. The number of carbonyl (C=O) groups is 1. The lowest BCUT2D eigenvalue weighted by molar-refractivity contribution is -0.117. The van der Waals surface area contributed by atoms with Gasteiger partial charge in [0.05, 0.1) is 24.2 Å². The van der Waals surface area contributed by atoms with E-state index in [1.54, 1.807) is 37.3 Å². The lowest BCUT2D eigenvalue weighted by Gasteiger charge is -2.17. The smallest absolute Gasteiger partial charge is 0.232 e. The maximum atomic E-state index is 12.2. The third-order valence-corrected chi connectivity index (χ3v) is 3.28. The molecular weight excluding hydrogens is 278 g/mol. The first-order valence-corrected chi connectivity index (χ1v) is 6.50. The molecule has 20 heavy (non-hydrogen) atoms. The fourth-order valence-corrected chi connectivity index (χ4v) is 2.10. The predicted octanol–water partition coefficient (Wildman–Crippen LogP) is 2.59. The number of nitrogens with one attached hydrogen (secondary N) is 1. The monoisotopic (exact) mass is 293 g/mol. The summed E-state index contributed by atoms with van der Waals surface area (Å²) < 4.78 is 5.09. The SMILES string of the molecule is COc1ccc(N(C)C(=O)Cc2cc(C)[nH]n2)cc1Cl. The predicted molar refractivity (Wildman–Crippen MR) is 78.4 cm³/mol. The highest BCUT2D eigenvalue weighted by atomic mass is 35.5. The molecule has 5 nitrogen and oxygen atoms in total. The van der Waals surface area contributed by atoms with E-state index in [4.69, 9.17) is 16.3 Å². The van der Waals surface area contributed by atoms with Crippen molar-refractivity contribution in [3.63, 3.8) is 0 Å². The fraction of sp³-hybridized carbons (Fsp3) is 0.286. The largest absolute Gasteiger partial charge is 0.495 e. The summed E-state index contributed by atoms with van der Waals surface area (Å²) in [6.45, 7) is 1.90. The van der Waals surface area contributed by atoms with Crippen LogP contribution in [0.25, 0.3) is 0 Å². The van der Waals surface area contributed by atoms with E-state index in [1.807, 2.05) is 13.0 Å². The Morgan fingerprint density at radius 2 is 2.20 bits per heavy atom. The van der Waals surface area contributed by atoms with Crippen molar-refractivity contribution < 1.29 is 9.53 Å². The number of carbonyl (C=O) groups excluding carboxylic acids is 1. The van der Waals surface area contributed by atoms with E-state index in [0.29, 0.717) is 16.5 Å². The molecule has 0 unspecified atom stereocenters. The molecule has 0 saturated carbocycles. The minimum atomic E-state index is -0.0577. The van der Waals surface area contributed by atoms with Crippen molar-refractivity contribution in [2.75, 3.05) is 19.1 Å². The quantitative estimate of drug-likeness (QED) is 0.942. The van der Waals surface area contributed by atoms with E-state index < -0.39 is 0 Å². The number of aryl methyl sites for hydroxylation is 1. The van der Waals surface area contributed by atoms with Gasteiger partial charge in [-0.15, -0.1) is 0 Å². The molecule has 0 atom stereocenters. The Morgan fingerprint density at radius 1 is 1.45 bits per heavy atom. The highest BCUT2D eigenvalue weighted by Crippen LogP contribution is 2.28. The molecule has 0 aliphatic rings. The summed E-state index contributed by atoms with van der Waals surface area (Å²) in [7, 11) is 3.26. The van der Waals surface area contributed by atoms with E-state index in [0.717, 1.165) is 11.4 Å². The summed E-state index contributed by atoms with van der Waals surface area (Å²) >= 11 is 6.06. The lowest BCUT2D eigenvalue weighted by atomic mass is 10.2. The van der Waals surface area contributed by atoms with Crippen LogP contribution in [0, 0.1) is 6.92 Å². The van der Waals surface area contributed by atoms with Gasteiger partial charge in [-0.3, -0.25) is 9.89 Å². The normalized spacial score (nSPS) is 10.4. The van der Waals surface area contributed by atoms with Crippen molar-refractivity contribution in [3.05, 3.63) is 40.7 Å². The Morgan fingerprint density at radius 3 is 2.75 bits per heavy atom. The summed E-state index contributed by atoms with van der Waals surface area (Å²) in [6.07, 6.45) is 0.241. The van der Waals surface area contributed by atoms with Gasteiger partial charge >= 0.3 is 0 Å². The first-order valence-electron chi connectivity index (χ1n) is 6.12. The number of hydrogen-bond donors (Lipinski definition) is 1. The number of aromatic amines is 1. The number of benzene rings is 1. The standard InChI is InChI=1S/C14H16ClN3O2/c1-9-6-10(17-16-9)7-14(19)18(2)11-4-5-13(20-3)12(15)8-11/h4-6,8H,7H2,1-3H3,(H,16,17). The summed E-state index contributed by atoms with van der Waals surface area (Å²) in [4.78, 5) is 13.7. The molecule has 0 aliphatic carbocycles. The number of ether oxygens (including phenoxy) is 1. The molecule has 1 N–H and O–H groups in total. The first kappa shape index (κ1) is 14.4. The number of halogens is 1. The van der Waals surface area contributed by atoms with Crippen LogP contribution in [0.1, 0.15) is 11.4 Å². The Balaban J connectivity index is 2.12. The number of anilines is 1. The molecule has 1 aromatic carbocycles.